The van der Waals surface area contributed by atoms with Gasteiger partial charge in [0.05, 0.1) is 11.9 Å². The molecule has 1 aliphatic carbocycles. The first-order valence-electron chi connectivity index (χ1n) is 9.00. The molecule has 2 fully saturated rings. The number of anilines is 1. The van der Waals surface area contributed by atoms with E-state index in [1.54, 1.807) is 12.3 Å². The molecule has 138 valence electrons. The van der Waals surface area contributed by atoms with Crippen LogP contribution in [0.4, 0.5) is 5.82 Å². The molecule has 0 bridgehead atoms. The zero-order valence-electron chi connectivity index (χ0n) is 14.7. The first-order valence-corrected chi connectivity index (χ1v) is 9.38. The molecule has 5 rings (SSSR count). The third-order valence-corrected chi connectivity index (χ3v) is 5.72. The highest BCUT2D eigenvalue weighted by Gasteiger charge is 2.58. The summed E-state index contributed by atoms with van der Waals surface area (Å²) in [4.78, 5) is 14.9. The molecule has 3 heterocycles. The van der Waals surface area contributed by atoms with Crippen molar-refractivity contribution in [1.82, 2.24) is 20.4 Å². The number of amides is 1. The van der Waals surface area contributed by atoms with Gasteiger partial charge in [0.25, 0.3) is 0 Å². The number of rotatable bonds is 4. The second-order valence-corrected chi connectivity index (χ2v) is 7.63. The quantitative estimate of drug-likeness (QED) is 0.738. The van der Waals surface area contributed by atoms with Crippen LogP contribution in [0.1, 0.15) is 17.7 Å². The molecule has 1 aliphatic heterocycles. The average Bonchev–Trinajstić information content (AvgIpc) is 3.23. The van der Waals surface area contributed by atoms with E-state index in [0.717, 1.165) is 12.0 Å². The molecule has 1 amide bonds. The zero-order chi connectivity index (χ0) is 19.3. The number of hydrogen-bond donors (Lipinski definition) is 1. The SMILES string of the molecule is N#Cc1cc(-c2cc(N3C(=O)C(Cc4ccc(Cl)cc4)C4CC43)[nH]n2)cnn1. The molecule has 1 aromatic carbocycles. The van der Waals surface area contributed by atoms with Crippen molar-refractivity contribution in [3.8, 4) is 17.3 Å². The minimum Gasteiger partial charge on any atom is -0.293 e. The van der Waals surface area contributed by atoms with E-state index in [-0.39, 0.29) is 23.6 Å². The molecule has 3 atom stereocenters. The van der Waals surface area contributed by atoms with Crippen molar-refractivity contribution in [2.24, 2.45) is 11.8 Å². The number of carbonyl (C=O) groups excluding carboxylic acids is 1. The normalized spacial score (nSPS) is 22.8. The van der Waals surface area contributed by atoms with E-state index in [0.29, 0.717) is 34.4 Å². The molecule has 0 radical (unpaired) electrons. The highest BCUT2D eigenvalue weighted by molar-refractivity contribution is 6.30. The molecule has 28 heavy (non-hydrogen) atoms. The van der Waals surface area contributed by atoms with Gasteiger partial charge in [-0.2, -0.15) is 15.5 Å². The first kappa shape index (κ1) is 16.9. The Hall–Kier alpha value is -3.24. The lowest BCUT2D eigenvalue weighted by molar-refractivity contribution is -0.121. The van der Waals surface area contributed by atoms with Crippen LogP contribution >= 0.6 is 11.6 Å². The van der Waals surface area contributed by atoms with Gasteiger partial charge in [0.1, 0.15) is 11.9 Å². The molecule has 8 heteroatoms. The molecule has 1 N–H and O–H groups in total. The predicted octanol–water partition coefficient (Wildman–Crippen LogP) is 2.99. The van der Waals surface area contributed by atoms with Crippen LogP contribution in [0.2, 0.25) is 5.02 Å². The van der Waals surface area contributed by atoms with Gasteiger partial charge in [0.15, 0.2) is 5.69 Å². The van der Waals surface area contributed by atoms with Crippen LogP contribution in [0, 0.1) is 23.2 Å². The molecule has 1 saturated heterocycles. The summed E-state index contributed by atoms with van der Waals surface area (Å²) in [5.74, 6) is 1.16. The summed E-state index contributed by atoms with van der Waals surface area (Å²) in [7, 11) is 0. The summed E-state index contributed by atoms with van der Waals surface area (Å²) in [5.41, 5.74) is 2.66. The fourth-order valence-electron chi connectivity index (χ4n) is 4.01. The monoisotopic (exact) mass is 390 g/mol. The smallest absolute Gasteiger partial charge is 0.232 e. The minimum absolute atomic E-state index is 0.0225. The fourth-order valence-corrected chi connectivity index (χ4v) is 4.14. The molecular weight excluding hydrogens is 376 g/mol. The van der Waals surface area contributed by atoms with E-state index >= 15 is 0 Å². The summed E-state index contributed by atoms with van der Waals surface area (Å²) < 4.78 is 0. The van der Waals surface area contributed by atoms with Crippen LogP contribution in [0.5, 0.6) is 0 Å². The number of nitriles is 1. The summed E-state index contributed by atoms with van der Waals surface area (Å²) in [5, 5.41) is 24.5. The zero-order valence-corrected chi connectivity index (χ0v) is 15.5. The maximum absolute atomic E-state index is 13.1. The Labute approximate surface area is 166 Å². The van der Waals surface area contributed by atoms with E-state index in [1.165, 1.54) is 0 Å². The van der Waals surface area contributed by atoms with Crippen molar-refractivity contribution >= 4 is 23.3 Å². The lowest BCUT2D eigenvalue weighted by Gasteiger charge is -2.19. The van der Waals surface area contributed by atoms with E-state index < -0.39 is 0 Å². The molecule has 7 nitrogen and oxygen atoms in total. The maximum Gasteiger partial charge on any atom is 0.232 e. The average molecular weight is 391 g/mol. The van der Waals surface area contributed by atoms with Crippen molar-refractivity contribution in [2.75, 3.05) is 4.90 Å². The van der Waals surface area contributed by atoms with Gasteiger partial charge in [-0.05, 0) is 42.5 Å². The van der Waals surface area contributed by atoms with Gasteiger partial charge in [-0.15, -0.1) is 5.10 Å². The second kappa shape index (κ2) is 6.43. The number of benzene rings is 1. The third-order valence-electron chi connectivity index (χ3n) is 5.47. The van der Waals surface area contributed by atoms with Gasteiger partial charge in [0.2, 0.25) is 5.91 Å². The highest BCUT2D eigenvalue weighted by atomic mass is 35.5. The number of fused-ring (bicyclic) bond motifs is 1. The number of aromatic amines is 1. The number of aromatic nitrogens is 4. The molecule has 1 saturated carbocycles. The van der Waals surface area contributed by atoms with Gasteiger partial charge in [-0.3, -0.25) is 14.8 Å². The Morgan fingerprint density at radius 1 is 1.29 bits per heavy atom. The Bertz CT molecular complexity index is 1100. The number of nitrogens with zero attached hydrogens (tertiary/aromatic N) is 5. The number of halogens is 1. The van der Waals surface area contributed by atoms with Crippen LogP contribution in [0.15, 0.2) is 42.6 Å². The second-order valence-electron chi connectivity index (χ2n) is 7.19. The van der Waals surface area contributed by atoms with Crippen molar-refractivity contribution in [3.05, 3.63) is 58.9 Å². The van der Waals surface area contributed by atoms with E-state index in [4.69, 9.17) is 16.9 Å². The van der Waals surface area contributed by atoms with Gasteiger partial charge >= 0.3 is 0 Å². The Morgan fingerprint density at radius 3 is 2.89 bits per heavy atom. The van der Waals surface area contributed by atoms with Crippen molar-refractivity contribution in [1.29, 1.82) is 5.26 Å². The van der Waals surface area contributed by atoms with Crippen LogP contribution in [0.25, 0.3) is 11.3 Å². The number of carbonyl (C=O) groups is 1. The Kier molecular flexibility index (Phi) is 3.88. The van der Waals surface area contributed by atoms with Gasteiger partial charge in [-0.1, -0.05) is 23.7 Å². The molecule has 3 unspecified atom stereocenters. The highest BCUT2D eigenvalue weighted by Crippen LogP contribution is 2.51. The number of H-pyrrole nitrogens is 1. The van der Waals surface area contributed by atoms with E-state index in [1.807, 2.05) is 41.3 Å². The minimum atomic E-state index is -0.0225. The Morgan fingerprint density at radius 2 is 2.11 bits per heavy atom. The summed E-state index contributed by atoms with van der Waals surface area (Å²) >= 11 is 5.96. The Balaban J connectivity index is 1.38. The first-order chi connectivity index (χ1) is 13.6. The molecule has 2 aliphatic rings. The maximum atomic E-state index is 13.1. The molecular formula is C20H15ClN6O. The standard InChI is InChI=1S/C20H15ClN6O/c21-13-3-1-11(2-4-13)5-16-15-7-18(15)27(20(16)28)19-8-17(25-26-19)12-6-14(9-22)24-23-10-12/h1-4,6,8,10,15-16,18H,5,7H2,(H,25,26). The van der Waals surface area contributed by atoms with Crippen LogP contribution in [-0.4, -0.2) is 32.3 Å². The van der Waals surface area contributed by atoms with Gasteiger partial charge in [0, 0.05) is 28.6 Å². The molecule has 3 aromatic rings. The summed E-state index contributed by atoms with van der Waals surface area (Å²) in [6.07, 6.45) is 3.28. The van der Waals surface area contributed by atoms with E-state index in [2.05, 4.69) is 20.4 Å². The van der Waals surface area contributed by atoms with Crippen LogP contribution in [0.3, 0.4) is 0 Å². The topological polar surface area (TPSA) is 98.6 Å². The predicted molar refractivity (Wildman–Crippen MR) is 102 cm³/mol. The van der Waals surface area contributed by atoms with Gasteiger partial charge in [-0.25, -0.2) is 0 Å². The summed E-state index contributed by atoms with van der Waals surface area (Å²) in [6, 6.07) is 13.3. The van der Waals surface area contributed by atoms with Crippen molar-refractivity contribution < 1.29 is 4.79 Å². The number of hydrogen-bond acceptors (Lipinski definition) is 5. The summed E-state index contributed by atoms with van der Waals surface area (Å²) in [6.45, 7) is 0. The van der Waals surface area contributed by atoms with Crippen molar-refractivity contribution in [2.45, 2.75) is 18.9 Å². The fraction of sp³-hybridized carbons (Fsp3) is 0.250. The van der Waals surface area contributed by atoms with Crippen LogP contribution < -0.4 is 4.90 Å². The largest absolute Gasteiger partial charge is 0.293 e. The lowest BCUT2D eigenvalue weighted by atomic mass is 9.95. The van der Waals surface area contributed by atoms with Crippen LogP contribution in [-0.2, 0) is 11.2 Å². The number of piperidine rings is 1. The molecule has 2 aromatic heterocycles. The van der Waals surface area contributed by atoms with Gasteiger partial charge < -0.3 is 0 Å². The molecule has 0 spiro atoms. The number of nitrogens with one attached hydrogen (secondary N) is 1. The third kappa shape index (κ3) is 2.83. The van der Waals surface area contributed by atoms with Crippen molar-refractivity contribution in [3.63, 3.8) is 0 Å². The van der Waals surface area contributed by atoms with E-state index in [9.17, 15) is 4.79 Å². The lowest BCUT2D eigenvalue weighted by Crippen LogP contribution is -2.32.